The SMILES string of the molecule is CC1(C(=O)NCC(Oc2ccc(F)cc2)C(=O)O)CCCO1. The second-order valence-electron chi connectivity index (χ2n) is 5.29. The summed E-state index contributed by atoms with van der Waals surface area (Å²) in [6, 6.07) is 4.99. The molecule has 2 rings (SSSR count). The molecule has 1 fully saturated rings. The summed E-state index contributed by atoms with van der Waals surface area (Å²) in [5.41, 5.74) is -0.918. The highest BCUT2D eigenvalue weighted by Gasteiger charge is 2.38. The number of carboxylic acid groups (broad SMARTS) is 1. The lowest BCUT2D eigenvalue weighted by atomic mass is 10.0. The molecular formula is C15H18FNO5. The van der Waals surface area contributed by atoms with Crippen LogP contribution in [-0.2, 0) is 14.3 Å². The van der Waals surface area contributed by atoms with Crippen molar-refractivity contribution in [2.75, 3.05) is 13.2 Å². The average Bonchev–Trinajstić information content (AvgIpc) is 2.93. The number of carbonyl (C=O) groups excluding carboxylic acids is 1. The molecule has 22 heavy (non-hydrogen) atoms. The highest BCUT2D eigenvalue weighted by molar-refractivity contribution is 5.85. The Balaban J connectivity index is 1.93. The summed E-state index contributed by atoms with van der Waals surface area (Å²) in [6.07, 6.45) is 0.118. The van der Waals surface area contributed by atoms with Crippen molar-refractivity contribution in [3.8, 4) is 5.75 Å². The molecule has 120 valence electrons. The quantitative estimate of drug-likeness (QED) is 0.828. The maximum atomic E-state index is 12.8. The number of hydrogen-bond acceptors (Lipinski definition) is 4. The Bertz CT molecular complexity index is 539. The molecule has 1 saturated heterocycles. The van der Waals surface area contributed by atoms with E-state index in [0.717, 1.165) is 6.42 Å². The Labute approximate surface area is 127 Å². The van der Waals surface area contributed by atoms with Gasteiger partial charge in [-0.2, -0.15) is 0 Å². The predicted molar refractivity (Wildman–Crippen MR) is 75.1 cm³/mol. The summed E-state index contributed by atoms with van der Waals surface area (Å²) < 4.78 is 23.4. The number of amides is 1. The molecule has 1 aromatic carbocycles. The van der Waals surface area contributed by atoms with Gasteiger partial charge in [-0.1, -0.05) is 0 Å². The number of rotatable bonds is 6. The smallest absolute Gasteiger partial charge is 0.346 e. The third-order valence-corrected chi connectivity index (χ3v) is 3.51. The van der Waals surface area contributed by atoms with Gasteiger partial charge in [0.1, 0.15) is 17.2 Å². The summed E-state index contributed by atoms with van der Waals surface area (Å²) in [6.45, 7) is 1.98. The topological polar surface area (TPSA) is 84.9 Å². The number of hydrogen-bond donors (Lipinski definition) is 2. The molecule has 2 atom stereocenters. The Morgan fingerprint density at radius 3 is 2.68 bits per heavy atom. The summed E-state index contributed by atoms with van der Waals surface area (Å²) in [4.78, 5) is 23.3. The number of carboxylic acids is 1. The zero-order valence-corrected chi connectivity index (χ0v) is 12.2. The molecule has 2 unspecified atom stereocenters. The summed E-state index contributed by atoms with van der Waals surface area (Å²) in [5.74, 6) is -1.81. The van der Waals surface area contributed by atoms with E-state index >= 15 is 0 Å². The van der Waals surface area contributed by atoms with E-state index in [0.29, 0.717) is 13.0 Å². The van der Waals surface area contributed by atoms with Crippen LogP contribution in [0.25, 0.3) is 0 Å². The van der Waals surface area contributed by atoms with Gasteiger partial charge in [0.15, 0.2) is 0 Å². The number of carbonyl (C=O) groups is 2. The highest BCUT2D eigenvalue weighted by Crippen LogP contribution is 2.25. The van der Waals surface area contributed by atoms with Crippen LogP contribution in [0.3, 0.4) is 0 Å². The van der Waals surface area contributed by atoms with Crippen LogP contribution in [0.1, 0.15) is 19.8 Å². The molecule has 1 aliphatic rings. The minimum atomic E-state index is -1.26. The van der Waals surface area contributed by atoms with E-state index in [1.807, 2.05) is 0 Å². The Morgan fingerprint density at radius 1 is 1.45 bits per heavy atom. The molecule has 6 nitrogen and oxygen atoms in total. The van der Waals surface area contributed by atoms with Gasteiger partial charge < -0.3 is 19.9 Å². The van der Waals surface area contributed by atoms with Gasteiger partial charge in [-0.25, -0.2) is 9.18 Å². The van der Waals surface area contributed by atoms with Crippen LogP contribution in [0.5, 0.6) is 5.75 Å². The molecule has 0 radical (unpaired) electrons. The van der Waals surface area contributed by atoms with Crippen LogP contribution in [0.4, 0.5) is 4.39 Å². The zero-order chi connectivity index (χ0) is 16.2. The van der Waals surface area contributed by atoms with Gasteiger partial charge in [0.25, 0.3) is 5.91 Å². The second-order valence-corrected chi connectivity index (χ2v) is 5.29. The van der Waals surface area contributed by atoms with Crippen LogP contribution in [0, 0.1) is 5.82 Å². The average molecular weight is 311 g/mol. The first-order valence-electron chi connectivity index (χ1n) is 6.98. The second kappa shape index (κ2) is 6.74. The number of halogens is 1. The zero-order valence-electron chi connectivity index (χ0n) is 12.2. The summed E-state index contributed by atoms with van der Waals surface area (Å²) in [5, 5.41) is 11.7. The third kappa shape index (κ3) is 3.94. The summed E-state index contributed by atoms with van der Waals surface area (Å²) in [7, 11) is 0. The number of ether oxygens (including phenoxy) is 2. The van der Waals surface area contributed by atoms with Gasteiger partial charge in [-0.3, -0.25) is 4.79 Å². The van der Waals surface area contributed by atoms with E-state index < -0.39 is 23.5 Å². The number of nitrogens with one attached hydrogen (secondary N) is 1. The first kappa shape index (κ1) is 16.2. The van der Waals surface area contributed by atoms with Crippen molar-refractivity contribution in [2.45, 2.75) is 31.5 Å². The molecule has 2 N–H and O–H groups in total. The fourth-order valence-corrected chi connectivity index (χ4v) is 2.19. The number of benzene rings is 1. The molecule has 0 bridgehead atoms. The van der Waals surface area contributed by atoms with Gasteiger partial charge in [-0.15, -0.1) is 0 Å². The highest BCUT2D eigenvalue weighted by atomic mass is 19.1. The largest absolute Gasteiger partial charge is 0.478 e. The van der Waals surface area contributed by atoms with Gasteiger partial charge >= 0.3 is 5.97 Å². The van der Waals surface area contributed by atoms with E-state index in [1.165, 1.54) is 24.3 Å². The van der Waals surface area contributed by atoms with Crippen LogP contribution >= 0.6 is 0 Å². The van der Waals surface area contributed by atoms with E-state index in [9.17, 15) is 14.0 Å². The fraction of sp³-hybridized carbons (Fsp3) is 0.467. The normalized spacial score (nSPS) is 22.1. The first-order valence-corrected chi connectivity index (χ1v) is 6.98. The van der Waals surface area contributed by atoms with Crippen molar-refractivity contribution in [1.82, 2.24) is 5.32 Å². The minimum absolute atomic E-state index is 0.204. The van der Waals surface area contributed by atoms with E-state index in [2.05, 4.69) is 5.32 Å². The van der Waals surface area contributed by atoms with Gasteiger partial charge in [0, 0.05) is 6.61 Å². The summed E-state index contributed by atoms with van der Waals surface area (Å²) >= 11 is 0. The lowest BCUT2D eigenvalue weighted by Gasteiger charge is -2.23. The fourth-order valence-electron chi connectivity index (χ4n) is 2.19. The van der Waals surface area contributed by atoms with Crippen LogP contribution < -0.4 is 10.1 Å². The lowest BCUT2D eigenvalue weighted by molar-refractivity contribution is -0.146. The molecule has 0 saturated carbocycles. The molecule has 0 aliphatic carbocycles. The molecule has 7 heteroatoms. The minimum Gasteiger partial charge on any atom is -0.478 e. The van der Waals surface area contributed by atoms with Crippen molar-refractivity contribution < 1.29 is 28.6 Å². The first-order chi connectivity index (χ1) is 10.4. The van der Waals surface area contributed by atoms with Crippen molar-refractivity contribution in [3.05, 3.63) is 30.1 Å². The monoisotopic (exact) mass is 311 g/mol. The van der Waals surface area contributed by atoms with E-state index in [4.69, 9.17) is 14.6 Å². The third-order valence-electron chi connectivity index (χ3n) is 3.51. The molecule has 0 spiro atoms. The Hall–Kier alpha value is -2.15. The molecule has 1 aromatic rings. The lowest BCUT2D eigenvalue weighted by Crippen LogP contribution is -2.48. The van der Waals surface area contributed by atoms with Crippen molar-refractivity contribution in [1.29, 1.82) is 0 Å². The molecule has 1 amide bonds. The standard InChI is InChI=1S/C15H18FNO5/c1-15(7-2-8-21-15)14(20)17-9-12(13(18)19)22-11-5-3-10(16)4-6-11/h3-6,12H,2,7-9H2,1H3,(H,17,20)(H,18,19). The van der Waals surface area contributed by atoms with Crippen molar-refractivity contribution in [3.63, 3.8) is 0 Å². The van der Waals surface area contributed by atoms with Gasteiger partial charge in [-0.05, 0) is 44.0 Å². The van der Waals surface area contributed by atoms with Crippen LogP contribution in [0.2, 0.25) is 0 Å². The maximum absolute atomic E-state index is 12.8. The van der Waals surface area contributed by atoms with Gasteiger partial charge in [0.2, 0.25) is 6.10 Å². The maximum Gasteiger partial charge on any atom is 0.346 e. The predicted octanol–water partition coefficient (Wildman–Crippen LogP) is 1.34. The molecule has 0 aromatic heterocycles. The Kier molecular flexibility index (Phi) is 4.97. The molecular weight excluding hydrogens is 293 g/mol. The van der Waals surface area contributed by atoms with E-state index in [1.54, 1.807) is 6.92 Å². The number of aliphatic carboxylic acids is 1. The molecule has 1 aliphatic heterocycles. The van der Waals surface area contributed by atoms with Crippen molar-refractivity contribution in [2.24, 2.45) is 0 Å². The van der Waals surface area contributed by atoms with Crippen molar-refractivity contribution >= 4 is 11.9 Å². The molecule has 1 heterocycles. The van der Waals surface area contributed by atoms with E-state index in [-0.39, 0.29) is 18.2 Å². The van der Waals surface area contributed by atoms with Crippen LogP contribution in [0.15, 0.2) is 24.3 Å². The van der Waals surface area contributed by atoms with Gasteiger partial charge in [0.05, 0.1) is 6.54 Å². The Morgan fingerprint density at radius 2 is 2.14 bits per heavy atom. The van der Waals surface area contributed by atoms with Crippen LogP contribution in [-0.4, -0.2) is 41.8 Å².